The van der Waals surface area contributed by atoms with Crippen LogP contribution in [0.1, 0.15) is 374 Å². The Labute approximate surface area is 888 Å². The number of likely N-dealkylation sites (tertiary alicyclic amines) is 5. The molecule has 9 aliphatic heterocycles. The van der Waals surface area contributed by atoms with E-state index in [1.807, 2.05) is 28.9 Å². The predicted octanol–water partition coefficient (Wildman–Crippen LogP) is 24.9. The lowest BCUT2D eigenvalue weighted by Crippen LogP contribution is -2.50. The van der Waals surface area contributed by atoms with Gasteiger partial charge in [-0.3, -0.25) is 9.59 Å². The number of rotatable bonds is 16. The number of hydrogen-bond donors (Lipinski definition) is 0. The van der Waals surface area contributed by atoms with E-state index in [9.17, 15) is 58.8 Å². The van der Waals surface area contributed by atoms with Crippen molar-refractivity contribution in [1.29, 1.82) is 0 Å². The van der Waals surface area contributed by atoms with Gasteiger partial charge in [0, 0.05) is 118 Å². The van der Waals surface area contributed by atoms with Gasteiger partial charge in [0.1, 0.15) is 6.61 Å². The van der Waals surface area contributed by atoms with Gasteiger partial charge < -0.3 is 57.8 Å². The van der Waals surface area contributed by atoms with Gasteiger partial charge in [-0.25, -0.2) is 62.1 Å². The molecule has 7 atom stereocenters. The highest BCUT2D eigenvalue weighted by Gasteiger charge is 2.38. The second-order valence-corrected chi connectivity index (χ2v) is 60.7. The first kappa shape index (κ1) is 139. The summed E-state index contributed by atoms with van der Waals surface area (Å²) in [4.78, 5) is 89.7. The molecule has 9 saturated heterocycles. The van der Waals surface area contributed by atoms with Gasteiger partial charge in [0.25, 0.3) is 0 Å². The first-order valence-electron chi connectivity index (χ1n) is 54.1. The maximum absolute atomic E-state index is 11.6. The Kier molecular flexibility index (Phi) is 60.5. The number of benzene rings is 1. The molecule has 0 saturated carbocycles. The second kappa shape index (κ2) is 63.0. The molecular formula is C114H219N9O19S3. The predicted molar refractivity (Wildman–Crippen MR) is 597 cm³/mol. The lowest BCUT2D eigenvalue weighted by Gasteiger charge is -2.40. The van der Waals surface area contributed by atoms with Crippen molar-refractivity contribution in [2.75, 3.05) is 179 Å². The van der Waals surface area contributed by atoms with Crippen molar-refractivity contribution in [3.63, 3.8) is 0 Å². The van der Waals surface area contributed by atoms with Crippen molar-refractivity contribution < 1.29 is 87.2 Å². The maximum Gasteiger partial charge on any atom is 0.409 e. The lowest BCUT2D eigenvalue weighted by molar-refractivity contribution is -0.139. The van der Waals surface area contributed by atoms with Gasteiger partial charge in [-0.05, 0) is 254 Å². The summed E-state index contributed by atoms with van der Waals surface area (Å²) in [5.74, 6) is 5.05. The SMILES string of the molecule is C.CC(C)(C)CC1CCCN(S(C)(=O)=O)C1.CC(C)(C)CC1CCCN(S(C)(=O)=O)C1.CC(C)(C)CC1CCCN(S(C)(=O)=O)C1.CC(C)(C)CN1CCOC1=O.CCC(=O)N1CCCC(CC(C)(C)C)C1.COC(=O)Cc1ccc(CC(C)(C)C)cc1.COC(=O)N1CC(CC(C)(C)C)C1.COC(=O)N1CCC(CC(C)(C)C)C1.COC(=O)N1CCCC(CC(C)(C)C)C1.COC(=O)N1CCCC(CC(C)(C)C)C1. The van der Waals surface area contributed by atoms with Crippen LogP contribution in [-0.2, 0) is 80.9 Å². The van der Waals surface area contributed by atoms with Crippen LogP contribution in [0, 0.1) is 101 Å². The quantitative estimate of drug-likeness (QED) is 0.110. The number of sulfonamides is 3. The molecule has 7 unspecified atom stereocenters. The molecule has 31 heteroatoms. The van der Waals surface area contributed by atoms with Gasteiger partial charge >= 0.3 is 36.4 Å². The molecule has 10 rings (SSSR count). The van der Waals surface area contributed by atoms with Gasteiger partial charge in [-0.15, -0.1) is 0 Å². The van der Waals surface area contributed by atoms with Crippen molar-refractivity contribution >= 4 is 72.4 Å². The third-order valence-electron chi connectivity index (χ3n) is 26.1. The zero-order valence-electron chi connectivity index (χ0n) is 98.8. The van der Waals surface area contributed by atoms with Crippen molar-refractivity contribution in [2.24, 2.45) is 101 Å². The highest BCUT2D eigenvalue weighted by molar-refractivity contribution is 7.88. The van der Waals surface area contributed by atoms with Gasteiger partial charge in [0.15, 0.2) is 0 Å². The number of methoxy groups -OCH3 is 5. The van der Waals surface area contributed by atoms with Crippen LogP contribution in [0.5, 0.6) is 0 Å². The molecule has 852 valence electrons. The number of cyclic esters (lactones) is 1. The van der Waals surface area contributed by atoms with Crippen LogP contribution in [0.3, 0.4) is 0 Å². The zero-order chi connectivity index (χ0) is 111. The monoisotopic (exact) mass is 2110 g/mol. The average molecular weight is 2120 g/mol. The van der Waals surface area contributed by atoms with Crippen LogP contribution < -0.4 is 0 Å². The highest BCUT2D eigenvalue weighted by Crippen LogP contribution is 2.39. The Morgan fingerprint density at radius 1 is 0.310 bits per heavy atom. The topological polar surface area (TPSA) is 306 Å². The molecule has 9 aliphatic rings. The Morgan fingerprint density at radius 2 is 0.559 bits per heavy atom. The molecule has 0 aliphatic carbocycles. The first-order chi connectivity index (χ1) is 65.5. The molecule has 28 nitrogen and oxygen atoms in total. The molecule has 9 fully saturated rings. The van der Waals surface area contributed by atoms with Crippen LogP contribution in [0.2, 0.25) is 0 Å². The van der Waals surface area contributed by atoms with Gasteiger partial charge in [0.05, 0.1) is 67.3 Å². The number of hydrogen-bond acceptors (Lipinski definition) is 19. The molecule has 9 heterocycles. The van der Waals surface area contributed by atoms with Crippen LogP contribution >= 0.6 is 0 Å². The number of ether oxygens (including phenoxy) is 6. The molecular weight excluding hydrogens is 1900 g/mol. The fourth-order valence-electron chi connectivity index (χ4n) is 21.2. The fourth-order valence-corrected chi connectivity index (χ4v) is 24.0. The standard InChI is InChI=1S/C14H20O2.C13H25NO.2C12H23NO2.3C11H23NO2S.C11H21NO2.C10H19NO2.C8H15NO2.CH4/c1-14(2,3)10-12-7-5-11(6-8-12)9-13(15)16-4;1-5-12(15)14-8-6-7-11(10-14)9-13(2,3)4;2*1-12(2,3)8-10-6-5-7-13(9-10)11(14)15-4;3*1-11(2,3)8-10-6-5-7-12(9-10)15(4,13)14;1-11(2,3)7-9-5-6-12(8-9)10(13)14-4;1-10(2,3)5-8-6-11(7-8)9(12)13-4;1-8(2,3)6-9-4-5-11-7(9)10;/h5-8H,9-10H2,1-4H3;11H,5-10H2,1-4H3;5*10H,5-9H2,1-4H3;9H,5-8H2,1-4H3;8H,5-7H2,1-4H3;4-6H2,1-3H3;1H4. The van der Waals surface area contributed by atoms with Crippen molar-refractivity contribution in [3.8, 4) is 0 Å². The third kappa shape index (κ3) is 67.3. The largest absolute Gasteiger partial charge is 0.469 e. The van der Waals surface area contributed by atoms with E-state index in [4.69, 9.17) is 18.9 Å². The molecule has 0 N–H and O–H groups in total. The van der Waals surface area contributed by atoms with Gasteiger partial charge in [0.2, 0.25) is 36.0 Å². The maximum atomic E-state index is 11.6. The van der Waals surface area contributed by atoms with E-state index in [2.05, 4.69) is 234 Å². The Morgan fingerprint density at radius 3 is 0.814 bits per heavy atom. The Bertz CT molecular complexity index is 3980. The van der Waals surface area contributed by atoms with E-state index in [0.29, 0.717) is 141 Å². The number of piperidine rings is 6. The van der Waals surface area contributed by atoms with E-state index in [0.717, 1.165) is 168 Å². The van der Waals surface area contributed by atoms with E-state index in [-0.39, 0.29) is 49.3 Å². The minimum Gasteiger partial charge on any atom is -0.469 e. The molecule has 0 spiro atoms. The average Bonchev–Trinajstić information content (AvgIpc) is 1.63. The minimum atomic E-state index is -2.98. The van der Waals surface area contributed by atoms with E-state index in [1.54, 1.807) is 27.6 Å². The van der Waals surface area contributed by atoms with E-state index < -0.39 is 30.1 Å². The lowest BCUT2D eigenvalue weighted by atomic mass is 9.81. The van der Waals surface area contributed by atoms with Crippen LogP contribution in [0.4, 0.5) is 24.0 Å². The van der Waals surface area contributed by atoms with E-state index in [1.165, 1.54) is 137 Å². The summed E-state index contributed by atoms with van der Waals surface area (Å²) in [6, 6.07) is 8.17. The molecule has 1 aromatic carbocycles. The van der Waals surface area contributed by atoms with Crippen LogP contribution in [0.25, 0.3) is 0 Å². The van der Waals surface area contributed by atoms with Crippen LogP contribution in [0.15, 0.2) is 24.3 Å². The molecule has 6 amide bonds. The minimum absolute atomic E-state index is 0. The first-order valence-corrected chi connectivity index (χ1v) is 59.6. The van der Waals surface area contributed by atoms with Crippen molar-refractivity contribution in [2.45, 2.75) is 376 Å². The molecule has 0 aromatic heterocycles. The third-order valence-corrected chi connectivity index (χ3v) is 29.9. The number of amides is 6. The Hall–Kier alpha value is -5.76. The summed E-state index contributed by atoms with van der Waals surface area (Å²) in [5.41, 5.74) is 5.49. The number of esters is 1. The van der Waals surface area contributed by atoms with Gasteiger partial charge in [-0.2, -0.15) is 0 Å². The summed E-state index contributed by atoms with van der Waals surface area (Å²) >= 11 is 0. The van der Waals surface area contributed by atoms with Crippen molar-refractivity contribution in [3.05, 3.63) is 35.4 Å². The van der Waals surface area contributed by atoms with Crippen molar-refractivity contribution in [1.82, 2.24) is 42.3 Å². The smallest absolute Gasteiger partial charge is 0.409 e. The summed E-state index contributed by atoms with van der Waals surface area (Å²) in [7, 11) is -1.75. The van der Waals surface area contributed by atoms with Gasteiger partial charge in [-0.1, -0.05) is 246 Å². The molecule has 145 heavy (non-hydrogen) atoms. The molecule has 0 bridgehead atoms. The summed E-state index contributed by atoms with van der Waals surface area (Å²) < 4.78 is 102. The Balaban J connectivity index is 0.00000159. The zero-order valence-corrected chi connectivity index (χ0v) is 101. The van der Waals surface area contributed by atoms with E-state index >= 15 is 0 Å². The highest BCUT2D eigenvalue weighted by atomic mass is 32.2. The normalized spacial score (nSPS) is 21.5. The summed E-state index contributed by atoms with van der Waals surface area (Å²) in [6.07, 6.45) is 29.2. The summed E-state index contributed by atoms with van der Waals surface area (Å²) in [6.45, 7) is 83.9. The second-order valence-electron chi connectivity index (χ2n) is 54.8. The molecule has 0 radical (unpaired) electrons. The molecule has 1 aromatic rings. The number of nitrogens with zero attached hydrogens (tertiary/aromatic N) is 9. The fraction of sp³-hybridized carbons (Fsp3) is 0.886. The number of carbonyl (C=O) groups is 7. The summed E-state index contributed by atoms with van der Waals surface area (Å²) in [5, 5.41) is 0. The number of carbonyl (C=O) groups excluding carboxylic acids is 7. The van der Waals surface area contributed by atoms with Crippen LogP contribution in [-0.4, -0.2) is 289 Å².